The van der Waals surface area contributed by atoms with Crippen LogP contribution in [-0.4, -0.2) is 30.1 Å². The number of aromatic nitrogens is 2. The first-order chi connectivity index (χ1) is 9.79. The molecule has 0 saturated heterocycles. The van der Waals surface area contributed by atoms with E-state index in [0.29, 0.717) is 12.5 Å². The number of hydrogen-bond donors (Lipinski definition) is 1. The Hall–Kier alpha value is -2.40. The van der Waals surface area contributed by atoms with E-state index in [2.05, 4.69) is 9.97 Å². The van der Waals surface area contributed by atoms with Gasteiger partial charge in [-0.3, -0.25) is 0 Å². The van der Waals surface area contributed by atoms with Crippen LogP contribution in [0.2, 0.25) is 0 Å². The lowest BCUT2D eigenvalue weighted by atomic mass is 10.1. The molecule has 3 aromatic rings. The van der Waals surface area contributed by atoms with Gasteiger partial charge in [0.05, 0.1) is 6.26 Å². The third-order valence-electron chi connectivity index (χ3n) is 3.24. The van der Waals surface area contributed by atoms with Gasteiger partial charge < -0.3 is 15.1 Å². The minimum Gasteiger partial charge on any atom is -0.464 e. The van der Waals surface area contributed by atoms with Crippen molar-refractivity contribution >= 4 is 16.9 Å². The summed E-state index contributed by atoms with van der Waals surface area (Å²) in [4.78, 5) is 10.7. The molecule has 0 bridgehead atoms. The second kappa shape index (κ2) is 5.30. The second-order valence-corrected chi connectivity index (χ2v) is 4.63. The molecule has 3 rings (SSSR count). The van der Waals surface area contributed by atoms with Crippen LogP contribution < -0.4 is 10.6 Å². The molecule has 2 aromatic heterocycles. The van der Waals surface area contributed by atoms with E-state index < -0.39 is 0 Å². The van der Waals surface area contributed by atoms with Gasteiger partial charge in [0, 0.05) is 49.0 Å². The summed E-state index contributed by atoms with van der Waals surface area (Å²) in [5.74, 6) is 0.673. The van der Waals surface area contributed by atoms with Crippen molar-refractivity contribution < 1.29 is 4.42 Å². The molecule has 0 radical (unpaired) electrons. The Kier molecular flexibility index (Phi) is 3.35. The summed E-state index contributed by atoms with van der Waals surface area (Å²) in [6, 6.07) is 7.92. The number of anilines is 1. The van der Waals surface area contributed by atoms with Gasteiger partial charge >= 0.3 is 0 Å². The smallest absolute Gasteiger partial charge is 0.225 e. The Morgan fingerprint density at radius 1 is 1.20 bits per heavy atom. The average molecular weight is 268 g/mol. The highest BCUT2D eigenvalue weighted by atomic mass is 16.3. The molecule has 0 saturated carbocycles. The lowest BCUT2D eigenvalue weighted by Gasteiger charge is -2.15. The lowest BCUT2D eigenvalue weighted by Crippen LogP contribution is -2.26. The second-order valence-electron chi connectivity index (χ2n) is 4.63. The number of nitrogens with zero attached hydrogens (tertiary/aromatic N) is 3. The number of para-hydroxylation sites is 1. The van der Waals surface area contributed by atoms with E-state index in [1.807, 2.05) is 48.6 Å². The predicted octanol–water partition coefficient (Wildman–Crippen LogP) is 2.28. The molecular formula is C15H16N4O. The van der Waals surface area contributed by atoms with Crippen LogP contribution in [0.3, 0.4) is 0 Å². The Bertz CT molecular complexity index is 705. The molecule has 1 aromatic carbocycles. The maximum atomic E-state index is 5.54. The molecule has 0 unspecified atom stereocenters. The minimum absolute atomic E-state index is 0.577. The zero-order chi connectivity index (χ0) is 13.9. The van der Waals surface area contributed by atoms with Crippen LogP contribution in [0, 0.1) is 0 Å². The highest BCUT2D eigenvalue weighted by Crippen LogP contribution is 2.29. The number of fused-ring (bicyclic) bond motifs is 1. The van der Waals surface area contributed by atoms with Crippen molar-refractivity contribution in [2.24, 2.45) is 5.73 Å². The molecular weight excluding hydrogens is 252 g/mol. The number of benzene rings is 1. The molecule has 0 aliphatic carbocycles. The zero-order valence-electron chi connectivity index (χ0n) is 11.3. The maximum Gasteiger partial charge on any atom is 0.225 e. The van der Waals surface area contributed by atoms with Crippen molar-refractivity contribution in [1.29, 1.82) is 0 Å². The van der Waals surface area contributed by atoms with Crippen molar-refractivity contribution in [1.82, 2.24) is 9.97 Å². The fourth-order valence-corrected chi connectivity index (χ4v) is 2.15. The molecule has 0 spiro atoms. The van der Waals surface area contributed by atoms with Crippen molar-refractivity contribution in [2.75, 3.05) is 25.0 Å². The third-order valence-corrected chi connectivity index (χ3v) is 3.24. The number of likely N-dealkylation sites (N-methyl/N-ethyl adjacent to an activating group) is 1. The van der Waals surface area contributed by atoms with Gasteiger partial charge in [0.15, 0.2) is 0 Å². The summed E-state index contributed by atoms with van der Waals surface area (Å²) in [5, 5.41) is 1.07. The molecule has 2 heterocycles. The molecule has 0 amide bonds. The van der Waals surface area contributed by atoms with Gasteiger partial charge in [-0.2, -0.15) is 0 Å². The van der Waals surface area contributed by atoms with E-state index in [4.69, 9.17) is 10.2 Å². The van der Waals surface area contributed by atoms with E-state index >= 15 is 0 Å². The molecule has 20 heavy (non-hydrogen) atoms. The van der Waals surface area contributed by atoms with Crippen LogP contribution in [0.25, 0.3) is 22.1 Å². The maximum absolute atomic E-state index is 5.54. The monoisotopic (exact) mass is 268 g/mol. The minimum atomic E-state index is 0.577. The van der Waals surface area contributed by atoms with Crippen molar-refractivity contribution in [3.8, 4) is 11.1 Å². The molecule has 5 nitrogen and oxygen atoms in total. The SMILES string of the molecule is CN(CCN)c1ncc(-c2coc3ccccc23)cn1. The van der Waals surface area contributed by atoms with Crippen LogP contribution in [0.15, 0.2) is 47.3 Å². The first-order valence-corrected chi connectivity index (χ1v) is 6.49. The fourth-order valence-electron chi connectivity index (χ4n) is 2.15. The van der Waals surface area contributed by atoms with Crippen molar-refractivity contribution in [2.45, 2.75) is 0 Å². The van der Waals surface area contributed by atoms with E-state index in [0.717, 1.165) is 28.6 Å². The zero-order valence-corrected chi connectivity index (χ0v) is 11.3. The molecule has 102 valence electrons. The summed E-state index contributed by atoms with van der Waals surface area (Å²) in [6.45, 7) is 1.31. The van der Waals surface area contributed by atoms with E-state index in [9.17, 15) is 0 Å². The largest absolute Gasteiger partial charge is 0.464 e. The van der Waals surface area contributed by atoms with Crippen LogP contribution in [0.4, 0.5) is 5.95 Å². The van der Waals surface area contributed by atoms with Crippen molar-refractivity contribution in [3.05, 3.63) is 42.9 Å². The third kappa shape index (κ3) is 2.23. The van der Waals surface area contributed by atoms with Gasteiger partial charge in [-0.25, -0.2) is 9.97 Å². The summed E-state index contributed by atoms with van der Waals surface area (Å²) in [7, 11) is 1.93. The normalized spacial score (nSPS) is 10.9. The van der Waals surface area contributed by atoms with Gasteiger partial charge in [-0.05, 0) is 6.07 Å². The molecule has 0 aliphatic rings. The van der Waals surface area contributed by atoms with Gasteiger partial charge in [-0.15, -0.1) is 0 Å². The number of nitrogens with two attached hydrogens (primary N) is 1. The average Bonchev–Trinajstić information content (AvgIpc) is 2.92. The first kappa shape index (κ1) is 12.6. The van der Waals surface area contributed by atoms with Crippen LogP contribution in [-0.2, 0) is 0 Å². The van der Waals surface area contributed by atoms with E-state index in [-0.39, 0.29) is 0 Å². The quantitative estimate of drug-likeness (QED) is 0.786. The van der Waals surface area contributed by atoms with Crippen LogP contribution in [0.1, 0.15) is 0 Å². The fraction of sp³-hybridized carbons (Fsp3) is 0.200. The van der Waals surface area contributed by atoms with Crippen LogP contribution in [0.5, 0.6) is 0 Å². The summed E-state index contributed by atoms with van der Waals surface area (Å²) >= 11 is 0. The first-order valence-electron chi connectivity index (χ1n) is 6.49. The number of rotatable bonds is 4. The molecule has 2 N–H and O–H groups in total. The standard InChI is InChI=1S/C15H16N4O/c1-19(7-6-16)15-17-8-11(9-18-15)13-10-20-14-5-3-2-4-12(13)14/h2-5,8-10H,6-7,16H2,1H3. The Balaban J connectivity index is 1.95. The Morgan fingerprint density at radius 2 is 1.95 bits per heavy atom. The van der Waals surface area contributed by atoms with E-state index in [1.165, 1.54) is 0 Å². The van der Waals surface area contributed by atoms with Gasteiger partial charge in [0.2, 0.25) is 5.95 Å². The molecule has 0 fully saturated rings. The molecule has 0 aliphatic heterocycles. The summed E-state index contributed by atoms with van der Waals surface area (Å²) in [6.07, 6.45) is 5.37. The highest BCUT2D eigenvalue weighted by Gasteiger charge is 2.09. The van der Waals surface area contributed by atoms with Gasteiger partial charge in [-0.1, -0.05) is 18.2 Å². The number of furan rings is 1. The Labute approximate surface area is 117 Å². The molecule has 0 atom stereocenters. The Morgan fingerprint density at radius 3 is 2.70 bits per heavy atom. The van der Waals surface area contributed by atoms with Crippen molar-refractivity contribution in [3.63, 3.8) is 0 Å². The predicted molar refractivity (Wildman–Crippen MR) is 79.6 cm³/mol. The summed E-state index contributed by atoms with van der Waals surface area (Å²) < 4.78 is 5.54. The van der Waals surface area contributed by atoms with Crippen LogP contribution >= 0.6 is 0 Å². The topological polar surface area (TPSA) is 68.2 Å². The van der Waals surface area contributed by atoms with E-state index in [1.54, 1.807) is 6.26 Å². The molecule has 5 heteroatoms. The van der Waals surface area contributed by atoms with Gasteiger partial charge in [0.25, 0.3) is 0 Å². The summed E-state index contributed by atoms with van der Waals surface area (Å²) in [5.41, 5.74) is 8.35. The lowest BCUT2D eigenvalue weighted by molar-refractivity contribution is 0.617. The number of hydrogen-bond acceptors (Lipinski definition) is 5. The van der Waals surface area contributed by atoms with Gasteiger partial charge in [0.1, 0.15) is 5.58 Å². The highest BCUT2D eigenvalue weighted by molar-refractivity contribution is 5.93.